The lowest BCUT2D eigenvalue weighted by molar-refractivity contribution is -0.253. The van der Waals surface area contributed by atoms with E-state index in [-0.39, 0.29) is 43.6 Å². The first-order valence-corrected chi connectivity index (χ1v) is 14.4. The number of likely N-dealkylation sites (N-methyl/N-ethyl adjacent to an activating group) is 1. The Labute approximate surface area is 247 Å². The van der Waals surface area contributed by atoms with E-state index in [9.17, 15) is 14.7 Å². The normalized spacial score (nSPS) is 19.3. The van der Waals surface area contributed by atoms with Gasteiger partial charge in [0.1, 0.15) is 0 Å². The standard InChI is InChI=1S/C33H41N3O6/c1-23(25-9-4-3-5-10-25)36(2)21-29-20-30(26-17-15-24(22-37)16-18-26)42-33(41-29)27-11-8-12-28(19-27)34-31(38)13-6-7-14-32(39)35-40/h3-5,8-12,15-19,23,29-30,33,37,40H,6-7,13-14,20-22H2,1-2H3,(H,34,38)(H,35,39). The molecule has 42 heavy (non-hydrogen) atoms. The smallest absolute Gasteiger partial charge is 0.243 e. The Bertz CT molecular complexity index is 1290. The molecule has 4 atom stereocenters. The molecule has 0 aliphatic carbocycles. The highest BCUT2D eigenvalue weighted by molar-refractivity contribution is 5.90. The predicted octanol–water partition coefficient (Wildman–Crippen LogP) is 5.42. The van der Waals surface area contributed by atoms with Gasteiger partial charge in [0.05, 0.1) is 18.8 Å². The summed E-state index contributed by atoms with van der Waals surface area (Å²) in [5.41, 5.74) is 6.13. The van der Waals surface area contributed by atoms with Crippen molar-refractivity contribution in [2.24, 2.45) is 0 Å². The van der Waals surface area contributed by atoms with Gasteiger partial charge < -0.3 is 19.9 Å². The van der Waals surface area contributed by atoms with Gasteiger partial charge in [-0.05, 0) is 55.6 Å². The Morgan fingerprint density at radius 1 is 0.929 bits per heavy atom. The molecule has 1 aliphatic heterocycles. The van der Waals surface area contributed by atoms with Crippen LogP contribution in [0.2, 0.25) is 0 Å². The van der Waals surface area contributed by atoms with Crippen molar-refractivity contribution in [3.8, 4) is 0 Å². The number of aliphatic hydroxyl groups is 1. The number of benzene rings is 3. The summed E-state index contributed by atoms with van der Waals surface area (Å²) in [5, 5.41) is 21.0. The molecule has 1 saturated heterocycles. The molecular weight excluding hydrogens is 534 g/mol. The predicted molar refractivity (Wildman–Crippen MR) is 159 cm³/mol. The Kier molecular flexibility index (Phi) is 11.6. The molecule has 2 amide bonds. The number of nitrogens with one attached hydrogen (secondary N) is 2. The number of nitrogens with zero attached hydrogens (tertiary/aromatic N) is 1. The van der Waals surface area contributed by atoms with Crippen molar-refractivity contribution in [3.05, 3.63) is 101 Å². The van der Waals surface area contributed by atoms with Crippen LogP contribution in [0.15, 0.2) is 78.9 Å². The van der Waals surface area contributed by atoms with Crippen LogP contribution in [0.1, 0.15) is 79.7 Å². The summed E-state index contributed by atoms with van der Waals surface area (Å²) in [5.74, 6) is -0.615. The molecule has 3 aromatic rings. The minimum atomic E-state index is -0.638. The van der Waals surface area contributed by atoms with Crippen molar-refractivity contribution < 1.29 is 29.4 Å². The first-order chi connectivity index (χ1) is 20.4. The number of unbranched alkanes of at least 4 members (excludes halogenated alkanes) is 1. The molecule has 1 heterocycles. The summed E-state index contributed by atoms with van der Waals surface area (Å²) >= 11 is 0. The number of carbonyl (C=O) groups is 2. The maximum Gasteiger partial charge on any atom is 0.243 e. The molecule has 224 valence electrons. The number of carbonyl (C=O) groups excluding carboxylic acids is 2. The van der Waals surface area contributed by atoms with Crippen LogP contribution in [-0.2, 0) is 25.7 Å². The second-order valence-electron chi connectivity index (χ2n) is 10.8. The van der Waals surface area contributed by atoms with Crippen LogP contribution in [0.25, 0.3) is 0 Å². The summed E-state index contributed by atoms with van der Waals surface area (Å²) < 4.78 is 13.0. The summed E-state index contributed by atoms with van der Waals surface area (Å²) in [4.78, 5) is 26.0. The van der Waals surface area contributed by atoms with Gasteiger partial charge in [0, 0.05) is 43.1 Å². The minimum absolute atomic E-state index is 0.0150. The lowest BCUT2D eigenvalue weighted by Gasteiger charge is -2.39. The molecule has 4 unspecified atom stereocenters. The summed E-state index contributed by atoms with van der Waals surface area (Å²) in [6, 6.07) is 25.9. The molecule has 0 spiro atoms. The van der Waals surface area contributed by atoms with Gasteiger partial charge >= 0.3 is 0 Å². The molecule has 0 bridgehead atoms. The van der Waals surface area contributed by atoms with Gasteiger partial charge in [0.25, 0.3) is 0 Å². The molecular formula is C33H41N3O6. The summed E-state index contributed by atoms with van der Waals surface area (Å²) in [6.07, 6.45) is 1.17. The molecule has 4 rings (SSSR count). The number of amides is 2. The number of hydrogen-bond donors (Lipinski definition) is 4. The first-order valence-electron chi connectivity index (χ1n) is 14.4. The van der Waals surface area contributed by atoms with E-state index >= 15 is 0 Å². The molecule has 9 heteroatoms. The third-order valence-corrected chi connectivity index (χ3v) is 7.67. The SMILES string of the molecule is CC(c1ccccc1)N(C)CC1CC(c2ccc(CO)cc2)OC(c2cccc(NC(=O)CCCCC(=O)NO)c2)O1. The van der Waals surface area contributed by atoms with E-state index in [1.807, 2.05) is 66.7 Å². The zero-order valence-electron chi connectivity index (χ0n) is 24.2. The third-order valence-electron chi connectivity index (χ3n) is 7.67. The van der Waals surface area contributed by atoms with Crippen molar-refractivity contribution >= 4 is 17.5 Å². The van der Waals surface area contributed by atoms with E-state index in [1.165, 1.54) is 5.56 Å². The van der Waals surface area contributed by atoms with Gasteiger partial charge in [-0.25, -0.2) is 5.48 Å². The third kappa shape index (κ3) is 8.95. The largest absolute Gasteiger partial charge is 0.392 e. The van der Waals surface area contributed by atoms with Gasteiger partial charge in [-0.3, -0.25) is 19.7 Å². The zero-order chi connectivity index (χ0) is 29.9. The highest BCUT2D eigenvalue weighted by atomic mass is 16.7. The van der Waals surface area contributed by atoms with Crippen molar-refractivity contribution in [1.82, 2.24) is 10.4 Å². The van der Waals surface area contributed by atoms with Crippen molar-refractivity contribution in [3.63, 3.8) is 0 Å². The highest BCUT2D eigenvalue weighted by Crippen LogP contribution is 2.39. The van der Waals surface area contributed by atoms with E-state index in [0.29, 0.717) is 31.5 Å². The van der Waals surface area contributed by atoms with Gasteiger partial charge in [-0.1, -0.05) is 66.7 Å². The molecule has 4 N–H and O–H groups in total. The minimum Gasteiger partial charge on any atom is -0.392 e. The fourth-order valence-corrected chi connectivity index (χ4v) is 5.11. The number of aliphatic hydroxyl groups excluding tert-OH is 1. The molecule has 0 aromatic heterocycles. The van der Waals surface area contributed by atoms with Crippen LogP contribution >= 0.6 is 0 Å². The Hall–Kier alpha value is -3.60. The number of rotatable bonds is 13. The van der Waals surface area contributed by atoms with E-state index in [0.717, 1.165) is 16.7 Å². The fraction of sp³-hybridized carbons (Fsp3) is 0.394. The van der Waals surface area contributed by atoms with E-state index in [1.54, 1.807) is 5.48 Å². The van der Waals surface area contributed by atoms with Crippen LogP contribution < -0.4 is 10.8 Å². The van der Waals surface area contributed by atoms with E-state index in [4.69, 9.17) is 14.7 Å². The number of hydrogen-bond acceptors (Lipinski definition) is 7. The van der Waals surface area contributed by atoms with Crippen LogP contribution in [-0.4, -0.2) is 46.7 Å². The average molecular weight is 576 g/mol. The van der Waals surface area contributed by atoms with Crippen molar-refractivity contribution in [2.45, 2.75) is 70.2 Å². The van der Waals surface area contributed by atoms with E-state index in [2.05, 4.69) is 36.3 Å². The van der Waals surface area contributed by atoms with Crippen LogP contribution in [0.5, 0.6) is 0 Å². The lowest BCUT2D eigenvalue weighted by atomic mass is 9.99. The van der Waals surface area contributed by atoms with E-state index < -0.39 is 12.2 Å². The quantitative estimate of drug-likeness (QED) is 0.122. The summed E-state index contributed by atoms with van der Waals surface area (Å²) in [6.45, 7) is 2.87. The van der Waals surface area contributed by atoms with Crippen LogP contribution in [0.3, 0.4) is 0 Å². The van der Waals surface area contributed by atoms with Gasteiger partial charge in [0.2, 0.25) is 11.8 Å². The van der Waals surface area contributed by atoms with Gasteiger partial charge in [-0.2, -0.15) is 0 Å². The maximum atomic E-state index is 12.5. The lowest BCUT2D eigenvalue weighted by Crippen LogP contribution is -2.38. The van der Waals surface area contributed by atoms with Crippen molar-refractivity contribution in [2.75, 3.05) is 18.9 Å². The maximum absolute atomic E-state index is 12.5. The monoisotopic (exact) mass is 575 g/mol. The first kappa shape index (κ1) is 31.3. The molecule has 1 aliphatic rings. The van der Waals surface area contributed by atoms with Gasteiger partial charge in [0.15, 0.2) is 6.29 Å². The van der Waals surface area contributed by atoms with Gasteiger partial charge in [-0.15, -0.1) is 0 Å². The molecule has 3 aromatic carbocycles. The Morgan fingerprint density at radius 3 is 2.33 bits per heavy atom. The second kappa shape index (κ2) is 15.6. The highest BCUT2D eigenvalue weighted by Gasteiger charge is 2.33. The zero-order valence-corrected chi connectivity index (χ0v) is 24.2. The second-order valence-corrected chi connectivity index (χ2v) is 10.8. The number of hydroxylamine groups is 1. The fourth-order valence-electron chi connectivity index (χ4n) is 5.11. The molecule has 1 fully saturated rings. The number of anilines is 1. The molecule has 9 nitrogen and oxygen atoms in total. The molecule has 0 saturated carbocycles. The van der Waals surface area contributed by atoms with Crippen molar-refractivity contribution in [1.29, 1.82) is 0 Å². The molecule has 0 radical (unpaired) electrons. The van der Waals surface area contributed by atoms with Crippen LogP contribution in [0.4, 0.5) is 5.69 Å². The summed E-state index contributed by atoms with van der Waals surface area (Å²) in [7, 11) is 2.10. The van der Waals surface area contributed by atoms with Crippen LogP contribution in [0, 0.1) is 0 Å². The topological polar surface area (TPSA) is 120 Å². The Morgan fingerprint density at radius 2 is 1.64 bits per heavy atom. The Balaban J connectivity index is 1.46. The number of ether oxygens (including phenoxy) is 2. The average Bonchev–Trinajstić information content (AvgIpc) is 3.03.